The highest BCUT2D eigenvalue weighted by atomic mass is 35.5. The van der Waals surface area contributed by atoms with Crippen molar-refractivity contribution >= 4 is 30.1 Å². The second kappa shape index (κ2) is 6.98. The molecule has 0 aromatic carbocycles. The van der Waals surface area contributed by atoms with E-state index in [9.17, 15) is 4.79 Å². The van der Waals surface area contributed by atoms with Crippen molar-refractivity contribution in [1.82, 2.24) is 4.90 Å². The summed E-state index contributed by atoms with van der Waals surface area (Å²) in [5.41, 5.74) is 5.51. The highest BCUT2D eigenvalue weighted by molar-refractivity contribution is 7.99. The second-order valence-electron chi connectivity index (χ2n) is 5.03. The average molecular weight is 295 g/mol. The van der Waals surface area contributed by atoms with E-state index in [1.54, 1.807) is 0 Å². The Kier molecular flexibility index (Phi) is 6.24. The number of hydrogen-bond donors (Lipinski definition) is 1. The fourth-order valence-corrected chi connectivity index (χ4v) is 3.90. The topological polar surface area (TPSA) is 55.6 Å². The zero-order valence-electron chi connectivity index (χ0n) is 10.9. The van der Waals surface area contributed by atoms with E-state index in [0.29, 0.717) is 25.8 Å². The van der Waals surface area contributed by atoms with Crippen molar-refractivity contribution in [1.29, 1.82) is 0 Å². The third-order valence-electron chi connectivity index (χ3n) is 4.07. The van der Waals surface area contributed by atoms with Gasteiger partial charge in [-0.15, -0.1) is 12.4 Å². The minimum atomic E-state index is -0.361. The molecule has 2 aliphatic heterocycles. The number of thioether (sulfide) groups is 1. The highest BCUT2D eigenvalue weighted by Crippen LogP contribution is 2.33. The van der Waals surface area contributed by atoms with Crippen molar-refractivity contribution in [2.45, 2.75) is 25.3 Å². The Balaban J connectivity index is 0.00000162. The number of hydrogen-bond acceptors (Lipinski definition) is 4. The summed E-state index contributed by atoms with van der Waals surface area (Å²) in [6.07, 6.45) is 2.66. The van der Waals surface area contributed by atoms with Crippen LogP contribution in [0.1, 0.15) is 19.3 Å². The molecule has 1 unspecified atom stereocenters. The number of nitrogens with two attached hydrogens (primary N) is 1. The molecular formula is C12H23ClN2O2S. The third-order valence-corrected chi connectivity index (χ3v) is 5.21. The molecule has 2 N–H and O–H groups in total. The number of nitrogens with zero attached hydrogens (tertiary/aromatic N) is 1. The molecule has 0 spiro atoms. The number of halogens is 1. The van der Waals surface area contributed by atoms with Gasteiger partial charge in [-0.05, 0) is 25.0 Å². The van der Waals surface area contributed by atoms with E-state index in [2.05, 4.69) is 0 Å². The molecule has 0 aromatic rings. The smallest absolute Gasteiger partial charge is 0.230 e. The van der Waals surface area contributed by atoms with Gasteiger partial charge in [0.05, 0.1) is 5.41 Å². The fourth-order valence-electron chi connectivity index (χ4n) is 2.63. The molecular weight excluding hydrogens is 272 g/mol. The van der Waals surface area contributed by atoms with Gasteiger partial charge in [0.2, 0.25) is 5.91 Å². The van der Waals surface area contributed by atoms with Gasteiger partial charge in [-0.2, -0.15) is 11.8 Å². The maximum atomic E-state index is 12.6. The lowest BCUT2D eigenvalue weighted by Gasteiger charge is -2.39. The normalized spacial score (nSPS) is 26.4. The molecule has 106 valence electrons. The van der Waals surface area contributed by atoms with Crippen LogP contribution in [0.3, 0.4) is 0 Å². The molecule has 2 heterocycles. The summed E-state index contributed by atoms with van der Waals surface area (Å²) < 4.78 is 5.35. The molecule has 0 aliphatic carbocycles. The van der Waals surface area contributed by atoms with Crippen LogP contribution in [0, 0.1) is 5.41 Å². The summed E-state index contributed by atoms with van der Waals surface area (Å²) in [5, 5.41) is 0. The number of carbonyl (C=O) groups is 1. The first-order chi connectivity index (χ1) is 8.19. The van der Waals surface area contributed by atoms with Crippen LogP contribution in [-0.4, -0.2) is 55.2 Å². The molecule has 0 radical (unpaired) electrons. The van der Waals surface area contributed by atoms with Crippen molar-refractivity contribution in [2.24, 2.45) is 11.1 Å². The SMILES string of the molecule is CN(C(=O)C1(CN)CCOCC1)C1CCSC1.Cl. The monoisotopic (exact) mass is 294 g/mol. The van der Waals surface area contributed by atoms with Crippen LogP contribution < -0.4 is 5.73 Å². The zero-order chi connectivity index (χ0) is 12.3. The Morgan fingerprint density at radius 2 is 2.17 bits per heavy atom. The standard InChI is InChI=1S/C12H22N2O2S.ClH/c1-14(10-2-7-17-8-10)11(15)12(9-13)3-5-16-6-4-12;/h10H,2-9,13H2,1H3;1H. The molecule has 2 fully saturated rings. The lowest BCUT2D eigenvalue weighted by atomic mass is 9.78. The van der Waals surface area contributed by atoms with Crippen molar-refractivity contribution in [3.8, 4) is 0 Å². The molecule has 0 saturated carbocycles. The van der Waals surface area contributed by atoms with Gasteiger partial charge in [0, 0.05) is 38.6 Å². The molecule has 0 aromatic heterocycles. The quantitative estimate of drug-likeness (QED) is 0.848. The first-order valence-corrected chi connectivity index (χ1v) is 7.48. The minimum absolute atomic E-state index is 0. The molecule has 18 heavy (non-hydrogen) atoms. The summed E-state index contributed by atoms with van der Waals surface area (Å²) in [7, 11) is 1.94. The molecule has 4 nitrogen and oxygen atoms in total. The first-order valence-electron chi connectivity index (χ1n) is 6.32. The molecule has 1 amide bonds. The largest absolute Gasteiger partial charge is 0.381 e. The Hall–Kier alpha value is 0.0300. The Morgan fingerprint density at radius 1 is 1.50 bits per heavy atom. The van der Waals surface area contributed by atoms with Crippen molar-refractivity contribution in [3.05, 3.63) is 0 Å². The van der Waals surface area contributed by atoms with Gasteiger partial charge >= 0.3 is 0 Å². The van der Waals surface area contributed by atoms with E-state index in [-0.39, 0.29) is 23.7 Å². The number of amides is 1. The lowest BCUT2D eigenvalue weighted by Crippen LogP contribution is -2.52. The predicted molar refractivity (Wildman–Crippen MR) is 77.3 cm³/mol. The van der Waals surface area contributed by atoms with E-state index in [4.69, 9.17) is 10.5 Å². The summed E-state index contributed by atoms with van der Waals surface area (Å²) in [5.74, 6) is 2.47. The fraction of sp³-hybridized carbons (Fsp3) is 0.917. The molecule has 1 atom stereocenters. The Bertz CT molecular complexity index is 279. The van der Waals surface area contributed by atoms with Gasteiger partial charge in [-0.25, -0.2) is 0 Å². The van der Waals surface area contributed by atoms with E-state index in [1.165, 1.54) is 5.75 Å². The first kappa shape index (κ1) is 16.1. The van der Waals surface area contributed by atoms with Gasteiger partial charge in [0.25, 0.3) is 0 Å². The number of rotatable bonds is 3. The van der Waals surface area contributed by atoms with E-state index in [0.717, 1.165) is 25.0 Å². The predicted octanol–water partition coefficient (Wildman–Crippen LogP) is 1.13. The minimum Gasteiger partial charge on any atom is -0.381 e. The lowest BCUT2D eigenvalue weighted by molar-refractivity contribution is -0.147. The van der Waals surface area contributed by atoms with Crippen LogP contribution in [0.5, 0.6) is 0 Å². The summed E-state index contributed by atoms with van der Waals surface area (Å²) in [4.78, 5) is 14.6. The van der Waals surface area contributed by atoms with Gasteiger partial charge in [-0.1, -0.05) is 0 Å². The summed E-state index contributed by atoms with van der Waals surface area (Å²) in [6, 6.07) is 0.402. The van der Waals surface area contributed by atoms with Crippen LogP contribution in [0.25, 0.3) is 0 Å². The van der Waals surface area contributed by atoms with Crippen molar-refractivity contribution in [3.63, 3.8) is 0 Å². The van der Waals surface area contributed by atoms with Crippen molar-refractivity contribution in [2.75, 3.05) is 38.3 Å². The van der Waals surface area contributed by atoms with Crippen LogP contribution in [-0.2, 0) is 9.53 Å². The maximum Gasteiger partial charge on any atom is 0.230 e. The summed E-state index contributed by atoms with van der Waals surface area (Å²) in [6.45, 7) is 1.77. The van der Waals surface area contributed by atoms with E-state index >= 15 is 0 Å². The van der Waals surface area contributed by atoms with Crippen LogP contribution in [0.4, 0.5) is 0 Å². The highest BCUT2D eigenvalue weighted by Gasteiger charge is 2.42. The Labute approximate surface area is 119 Å². The van der Waals surface area contributed by atoms with Gasteiger partial charge in [-0.3, -0.25) is 4.79 Å². The van der Waals surface area contributed by atoms with Gasteiger partial charge < -0.3 is 15.4 Å². The van der Waals surface area contributed by atoms with Gasteiger partial charge in [0.1, 0.15) is 0 Å². The van der Waals surface area contributed by atoms with Crippen LogP contribution >= 0.6 is 24.2 Å². The molecule has 2 aliphatic rings. The molecule has 2 saturated heterocycles. The van der Waals surface area contributed by atoms with E-state index < -0.39 is 0 Å². The van der Waals surface area contributed by atoms with Crippen LogP contribution in [0.15, 0.2) is 0 Å². The molecule has 6 heteroatoms. The van der Waals surface area contributed by atoms with Crippen molar-refractivity contribution < 1.29 is 9.53 Å². The Morgan fingerprint density at radius 3 is 2.67 bits per heavy atom. The third kappa shape index (κ3) is 3.13. The zero-order valence-corrected chi connectivity index (χ0v) is 12.5. The van der Waals surface area contributed by atoms with Crippen LogP contribution in [0.2, 0.25) is 0 Å². The second-order valence-corrected chi connectivity index (χ2v) is 6.18. The van der Waals surface area contributed by atoms with Gasteiger partial charge in [0.15, 0.2) is 0 Å². The average Bonchev–Trinajstić information content (AvgIpc) is 2.91. The van der Waals surface area contributed by atoms with E-state index in [1.807, 2.05) is 23.7 Å². The number of carbonyl (C=O) groups excluding carboxylic acids is 1. The molecule has 0 bridgehead atoms. The maximum absolute atomic E-state index is 12.6. The number of ether oxygens (including phenoxy) is 1. The summed E-state index contributed by atoms with van der Waals surface area (Å²) >= 11 is 1.93. The molecule has 2 rings (SSSR count).